The molecule has 56 valence electrons. The first-order valence-electron chi connectivity index (χ1n) is 3.20. The minimum atomic E-state index is -0.0806. The van der Waals surface area contributed by atoms with Gasteiger partial charge in [0.25, 0.3) is 0 Å². The maximum absolute atomic E-state index is 10.9. The SMILES string of the molecule is Cc1c[nH]c(=O)n1CCN. The van der Waals surface area contributed by atoms with Crippen molar-refractivity contribution in [3.05, 3.63) is 22.4 Å². The quantitative estimate of drug-likeness (QED) is 0.580. The van der Waals surface area contributed by atoms with Gasteiger partial charge in [0, 0.05) is 25.0 Å². The summed E-state index contributed by atoms with van der Waals surface area (Å²) < 4.78 is 1.61. The Morgan fingerprint density at radius 2 is 2.50 bits per heavy atom. The monoisotopic (exact) mass is 141 g/mol. The number of nitrogens with two attached hydrogens (primary N) is 1. The Morgan fingerprint density at radius 1 is 1.80 bits per heavy atom. The van der Waals surface area contributed by atoms with Crippen LogP contribution in [0.25, 0.3) is 0 Å². The van der Waals surface area contributed by atoms with Crippen molar-refractivity contribution in [3.63, 3.8) is 0 Å². The van der Waals surface area contributed by atoms with Crippen molar-refractivity contribution in [1.29, 1.82) is 0 Å². The van der Waals surface area contributed by atoms with E-state index in [0.717, 1.165) is 5.69 Å². The molecule has 1 aromatic heterocycles. The van der Waals surface area contributed by atoms with E-state index in [1.165, 1.54) is 0 Å². The average Bonchev–Trinajstić information content (AvgIpc) is 2.20. The van der Waals surface area contributed by atoms with Gasteiger partial charge in [-0.05, 0) is 6.92 Å². The highest BCUT2D eigenvalue weighted by atomic mass is 16.1. The van der Waals surface area contributed by atoms with Crippen LogP contribution in [0.15, 0.2) is 11.0 Å². The van der Waals surface area contributed by atoms with Gasteiger partial charge in [-0.1, -0.05) is 0 Å². The first-order valence-corrected chi connectivity index (χ1v) is 3.20. The Balaban J connectivity index is 2.99. The summed E-state index contributed by atoms with van der Waals surface area (Å²) in [7, 11) is 0. The lowest BCUT2D eigenvalue weighted by molar-refractivity contribution is 0.666. The first-order chi connectivity index (χ1) is 4.75. The van der Waals surface area contributed by atoms with Gasteiger partial charge in [0.05, 0.1) is 0 Å². The zero-order chi connectivity index (χ0) is 7.56. The molecule has 0 amide bonds. The number of nitrogens with zero attached hydrogens (tertiary/aromatic N) is 1. The maximum atomic E-state index is 10.9. The topological polar surface area (TPSA) is 63.8 Å². The second-order valence-corrected chi connectivity index (χ2v) is 2.18. The Labute approximate surface area is 58.7 Å². The molecule has 4 heteroatoms. The van der Waals surface area contributed by atoms with Gasteiger partial charge < -0.3 is 10.7 Å². The van der Waals surface area contributed by atoms with Crippen LogP contribution in [0.3, 0.4) is 0 Å². The van der Waals surface area contributed by atoms with Crippen LogP contribution in [-0.4, -0.2) is 16.1 Å². The van der Waals surface area contributed by atoms with Crippen LogP contribution in [0, 0.1) is 6.92 Å². The van der Waals surface area contributed by atoms with Crippen molar-refractivity contribution in [3.8, 4) is 0 Å². The highest BCUT2D eigenvalue weighted by Crippen LogP contribution is 1.88. The van der Waals surface area contributed by atoms with Crippen LogP contribution in [-0.2, 0) is 6.54 Å². The molecule has 1 rings (SSSR count). The van der Waals surface area contributed by atoms with Gasteiger partial charge in [-0.2, -0.15) is 0 Å². The highest BCUT2D eigenvalue weighted by Gasteiger charge is 1.97. The van der Waals surface area contributed by atoms with E-state index in [-0.39, 0.29) is 5.69 Å². The molecule has 0 aliphatic heterocycles. The summed E-state index contributed by atoms with van der Waals surface area (Å²) >= 11 is 0. The molecule has 0 unspecified atom stereocenters. The second-order valence-electron chi connectivity index (χ2n) is 2.18. The molecule has 3 N–H and O–H groups in total. The molecule has 0 spiro atoms. The maximum Gasteiger partial charge on any atom is 0.325 e. The van der Waals surface area contributed by atoms with Crippen molar-refractivity contribution in [1.82, 2.24) is 9.55 Å². The predicted molar refractivity (Wildman–Crippen MR) is 38.8 cm³/mol. The van der Waals surface area contributed by atoms with Gasteiger partial charge in [-0.3, -0.25) is 4.57 Å². The molecular formula is C6H11N3O. The standard InChI is InChI=1S/C6H11N3O/c1-5-4-8-6(10)9(5)3-2-7/h4H,2-3,7H2,1H3,(H,8,10). The van der Waals surface area contributed by atoms with Crippen LogP contribution in [0.4, 0.5) is 0 Å². The lowest BCUT2D eigenvalue weighted by Crippen LogP contribution is -2.22. The van der Waals surface area contributed by atoms with Gasteiger partial charge in [0.2, 0.25) is 0 Å². The third-order valence-electron chi connectivity index (χ3n) is 1.43. The molecule has 10 heavy (non-hydrogen) atoms. The van der Waals surface area contributed by atoms with E-state index in [9.17, 15) is 4.79 Å². The summed E-state index contributed by atoms with van der Waals surface area (Å²) in [6.45, 7) is 2.96. The van der Waals surface area contributed by atoms with Crippen molar-refractivity contribution in [2.45, 2.75) is 13.5 Å². The fraction of sp³-hybridized carbons (Fsp3) is 0.500. The smallest absolute Gasteiger partial charge is 0.325 e. The van der Waals surface area contributed by atoms with Crippen LogP contribution in [0.2, 0.25) is 0 Å². The molecule has 0 saturated carbocycles. The molecule has 0 aromatic carbocycles. The lowest BCUT2D eigenvalue weighted by Gasteiger charge is -1.98. The van der Waals surface area contributed by atoms with E-state index < -0.39 is 0 Å². The molecule has 1 aromatic rings. The average molecular weight is 141 g/mol. The molecule has 1 heterocycles. The minimum Gasteiger partial charge on any atom is -0.329 e. The van der Waals surface area contributed by atoms with Crippen LogP contribution in [0.5, 0.6) is 0 Å². The summed E-state index contributed by atoms with van der Waals surface area (Å²) in [5.41, 5.74) is 6.13. The summed E-state index contributed by atoms with van der Waals surface area (Å²) in [6.07, 6.45) is 1.68. The van der Waals surface area contributed by atoms with Gasteiger partial charge in [-0.15, -0.1) is 0 Å². The Morgan fingerprint density at radius 3 is 2.90 bits per heavy atom. The van der Waals surface area contributed by atoms with E-state index in [1.54, 1.807) is 10.8 Å². The Hall–Kier alpha value is -1.03. The van der Waals surface area contributed by atoms with E-state index in [1.807, 2.05) is 6.92 Å². The number of imidazole rings is 1. The van der Waals surface area contributed by atoms with E-state index in [2.05, 4.69) is 4.98 Å². The number of hydrogen-bond donors (Lipinski definition) is 2. The number of aryl methyl sites for hydroxylation is 1. The second kappa shape index (κ2) is 2.70. The van der Waals surface area contributed by atoms with Crippen molar-refractivity contribution < 1.29 is 0 Å². The third-order valence-corrected chi connectivity index (χ3v) is 1.43. The van der Waals surface area contributed by atoms with Gasteiger partial charge in [0.15, 0.2) is 0 Å². The fourth-order valence-corrected chi connectivity index (χ4v) is 0.889. The number of aromatic nitrogens is 2. The summed E-state index contributed by atoms with van der Waals surface area (Å²) in [5, 5.41) is 0. The molecule has 0 bridgehead atoms. The summed E-state index contributed by atoms with van der Waals surface area (Å²) in [6, 6.07) is 0. The van der Waals surface area contributed by atoms with Crippen LogP contribution < -0.4 is 11.4 Å². The van der Waals surface area contributed by atoms with Crippen molar-refractivity contribution in [2.75, 3.05) is 6.54 Å². The number of hydrogen-bond acceptors (Lipinski definition) is 2. The number of H-pyrrole nitrogens is 1. The van der Waals surface area contributed by atoms with Crippen molar-refractivity contribution in [2.24, 2.45) is 5.73 Å². The molecule has 0 aliphatic carbocycles. The van der Waals surface area contributed by atoms with Crippen molar-refractivity contribution >= 4 is 0 Å². The van der Waals surface area contributed by atoms with E-state index in [0.29, 0.717) is 13.1 Å². The molecule has 4 nitrogen and oxygen atoms in total. The van der Waals surface area contributed by atoms with Gasteiger partial charge >= 0.3 is 5.69 Å². The first kappa shape index (κ1) is 7.08. The number of nitrogens with one attached hydrogen (secondary N) is 1. The molecule has 0 saturated heterocycles. The minimum absolute atomic E-state index is 0.0806. The molecule has 0 aliphatic rings. The molecular weight excluding hydrogens is 130 g/mol. The number of aromatic amines is 1. The normalized spacial score (nSPS) is 10.2. The molecule has 0 fully saturated rings. The van der Waals surface area contributed by atoms with Gasteiger partial charge in [-0.25, -0.2) is 4.79 Å². The van der Waals surface area contributed by atoms with Crippen LogP contribution >= 0.6 is 0 Å². The predicted octanol–water partition coefficient (Wildman–Crippen LogP) is -0.556. The van der Waals surface area contributed by atoms with Gasteiger partial charge in [0.1, 0.15) is 0 Å². The Kier molecular flexibility index (Phi) is 1.91. The largest absolute Gasteiger partial charge is 0.329 e. The fourth-order valence-electron chi connectivity index (χ4n) is 0.889. The summed E-state index contributed by atoms with van der Waals surface area (Å²) in [5.74, 6) is 0. The van der Waals surface area contributed by atoms with E-state index >= 15 is 0 Å². The Bertz CT molecular complexity index is 260. The summed E-state index contributed by atoms with van der Waals surface area (Å²) in [4.78, 5) is 13.5. The highest BCUT2D eigenvalue weighted by molar-refractivity contribution is 4.94. The van der Waals surface area contributed by atoms with Crippen LogP contribution in [0.1, 0.15) is 5.69 Å². The third kappa shape index (κ3) is 1.11. The number of rotatable bonds is 2. The molecule has 0 atom stereocenters. The zero-order valence-corrected chi connectivity index (χ0v) is 5.92. The zero-order valence-electron chi connectivity index (χ0n) is 5.92. The lowest BCUT2D eigenvalue weighted by atomic mass is 10.5. The van der Waals surface area contributed by atoms with E-state index in [4.69, 9.17) is 5.73 Å². The molecule has 0 radical (unpaired) electrons.